The van der Waals surface area contributed by atoms with Gasteiger partial charge in [-0.3, -0.25) is 0 Å². The van der Waals surface area contributed by atoms with Gasteiger partial charge in [0.15, 0.2) is 0 Å². The zero-order valence-corrected chi connectivity index (χ0v) is 12.4. The number of aromatic nitrogens is 2. The van der Waals surface area contributed by atoms with Crippen molar-refractivity contribution < 1.29 is 0 Å². The van der Waals surface area contributed by atoms with Crippen LogP contribution in [0.1, 0.15) is 32.2 Å². The second-order valence-electron chi connectivity index (χ2n) is 4.94. The van der Waals surface area contributed by atoms with Gasteiger partial charge in [0.05, 0.1) is 5.54 Å². The summed E-state index contributed by atoms with van der Waals surface area (Å²) in [6, 6.07) is 4.01. The number of rotatable bonds is 6. The maximum absolute atomic E-state index is 4.38. The Morgan fingerprint density at radius 3 is 2.79 bits per heavy atom. The molecular formula is C14H20N4S. The number of pyridine rings is 1. The highest BCUT2D eigenvalue weighted by Crippen LogP contribution is 2.27. The summed E-state index contributed by atoms with van der Waals surface area (Å²) in [6.45, 7) is 7.34. The summed E-state index contributed by atoms with van der Waals surface area (Å²) in [5, 5.41) is 9.87. The first-order chi connectivity index (χ1) is 9.12. The minimum absolute atomic E-state index is 0.183. The fourth-order valence-electron chi connectivity index (χ4n) is 1.80. The van der Waals surface area contributed by atoms with Crippen LogP contribution >= 0.6 is 11.3 Å². The normalized spacial score (nSPS) is 11.3. The van der Waals surface area contributed by atoms with Crippen molar-refractivity contribution in [2.45, 2.75) is 32.7 Å². The maximum Gasteiger partial charge on any atom is 0.127 e. The van der Waals surface area contributed by atoms with Crippen molar-refractivity contribution in [1.29, 1.82) is 0 Å². The van der Waals surface area contributed by atoms with Crippen molar-refractivity contribution in [2.75, 3.05) is 17.2 Å². The number of hydrogen-bond donors (Lipinski definition) is 2. The van der Waals surface area contributed by atoms with Crippen LogP contribution in [0.3, 0.4) is 0 Å². The standard InChI is InChI=1S/C14H20N4S/c1-4-6-15-12-10-11(5-7-16-12)18-14(2,3)13-17-8-9-19-13/h5,7-10H,4,6H2,1-3H3,(H2,15,16,18). The smallest absolute Gasteiger partial charge is 0.127 e. The zero-order chi connectivity index (χ0) is 13.7. The van der Waals surface area contributed by atoms with E-state index in [0.29, 0.717) is 0 Å². The fraction of sp³-hybridized carbons (Fsp3) is 0.429. The Morgan fingerprint density at radius 1 is 1.26 bits per heavy atom. The molecule has 0 saturated carbocycles. The molecule has 2 rings (SSSR count). The first kappa shape index (κ1) is 13.8. The second-order valence-corrected chi connectivity index (χ2v) is 5.84. The van der Waals surface area contributed by atoms with Gasteiger partial charge in [0.25, 0.3) is 0 Å². The molecule has 0 spiro atoms. The summed E-state index contributed by atoms with van der Waals surface area (Å²) < 4.78 is 0. The van der Waals surface area contributed by atoms with E-state index >= 15 is 0 Å². The third-order valence-corrected chi connectivity index (χ3v) is 3.84. The Labute approximate surface area is 118 Å². The van der Waals surface area contributed by atoms with Crippen LogP contribution in [0.25, 0.3) is 0 Å². The van der Waals surface area contributed by atoms with Crippen molar-refractivity contribution in [2.24, 2.45) is 0 Å². The van der Waals surface area contributed by atoms with Gasteiger partial charge >= 0.3 is 0 Å². The van der Waals surface area contributed by atoms with Crippen LogP contribution in [0, 0.1) is 0 Å². The lowest BCUT2D eigenvalue weighted by Gasteiger charge is -2.25. The van der Waals surface area contributed by atoms with E-state index in [4.69, 9.17) is 0 Å². The summed E-state index contributed by atoms with van der Waals surface area (Å²) in [5.74, 6) is 0.904. The highest BCUT2D eigenvalue weighted by molar-refractivity contribution is 7.09. The largest absolute Gasteiger partial charge is 0.374 e. The Balaban J connectivity index is 2.10. The van der Waals surface area contributed by atoms with E-state index in [1.165, 1.54) is 0 Å². The molecule has 0 amide bonds. The van der Waals surface area contributed by atoms with Gasteiger partial charge in [0.1, 0.15) is 10.8 Å². The van der Waals surface area contributed by atoms with E-state index in [0.717, 1.165) is 29.5 Å². The molecule has 5 heteroatoms. The van der Waals surface area contributed by atoms with E-state index in [9.17, 15) is 0 Å². The number of nitrogens with zero attached hydrogens (tertiary/aromatic N) is 2. The van der Waals surface area contributed by atoms with Gasteiger partial charge in [-0.25, -0.2) is 9.97 Å². The molecule has 0 fully saturated rings. The SMILES string of the molecule is CCCNc1cc(NC(C)(C)c2nccs2)ccn1. The van der Waals surface area contributed by atoms with Crippen LogP contribution < -0.4 is 10.6 Å². The van der Waals surface area contributed by atoms with Crippen molar-refractivity contribution in [3.8, 4) is 0 Å². The zero-order valence-electron chi connectivity index (χ0n) is 11.6. The van der Waals surface area contributed by atoms with Crippen molar-refractivity contribution in [3.63, 3.8) is 0 Å². The van der Waals surface area contributed by atoms with Gasteiger partial charge in [-0.2, -0.15) is 0 Å². The van der Waals surface area contributed by atoms with E-state index in [1.807, 2.05) is 29.9 Å². The minimum atomic E-state index is -0.183. The van der Waals surface area contributed by atoms with Crippen LogP contribution in [0.5, 0.6) is 0 Å². The molecule has 0 aliphatic heterocycles. The topological polar surface area (TPSA) is 49.8 Å². The van der Waals surface area contributed by atoms with E-state index in [1.54, 1.807) is 11.3 Å². The Hall–Kier alpha value is -1.62. The summed E-state index contributed by atoms with van der Waals surface area (Å²) in [7, 11) is 0. The van der Waals surface area contributed by atoms with Crippen molar-refractivity contribution in [3.05, 3.63) is 34.9 Å². The number of nitrogens with one attached hydrogen (secondary N) is 2. The molecule has 0 unspecified atom stereocenters. The van der Waals surface area contributed by atoms with Gasteiger partial charge in [-0.15, -0.1) is 11.3 Å². The van der Waals surface area contributed by atoms with Gasteiger partial charge in [0.2, 0.25) is 0 Å². The van der Waals surface area contributed by atoms with E-state index in [2.05, 4.69) is 41.4 Å². The molecule has 0 aliphatic rings. The molecule has 4 nitrogen and oxygen atoms in total. The molecule has 2 heterocycles. The van der Waals surface area contributed by atoms with Crippen LogP contribution in [0.15, 0.2) is 29.9 Å². The summed E-state index contributed by atoms with van der Waals surface area (Å²) >= 11 is 1.66. The lowest BCUT2D eigenvalue weighted by atomic mass is 10.1. The highest BCUT2D eigenvalue weighted by atomic mass is 32.1. The average molecular weight is 276 g/mol. The third kappa shape index (κ3) is 3.67. The monoisotopic (exact) mass is 276 g/mol. The predicted molar refractivity (Wildman–Crippen MR) is 81.8 cm³/mol. The van der Waals surface area contributed by atoms with Gasteiger partial charge in [-0.05, 0) is 26.3 Å². The number of thiazole rings is 1. The quantitative estimate of drug-likeness (QED) is 0.844. The van der Waals surface area contributed by atoms with E-state index in [-0.39, 0.29) is 5.54 Å². The molecule has 2 aromatic rings. The van der Waals surface area contributed by atoms with Crippen LogP contribution in [-0.2, 0) is 5.54 Å². The van der Waals surface area contributed by atoms with Gasteiger partial charge in [0, 0.05) is 36.1 Å². The van der Waals surface area contributed by atoms with Crippen molar-refractivity contribution in [1.82, 2.24) is 9.97 Å². The summed E-state index contributed by atoms with van der Waals surface area (Å²) in [4.78, 5) is 8.69. The molecule has 19 heavy (non-hydrogen) atoms. The Kier molecular flexibility index (Phi) is 4.37. The molecule has 0 bridgehead atoms. The lowest BCUT2D eigenvalue weighted by molar-refractivity contribution is 0.604. The second kappa shape index (κ2) is 6.02. The summed E-state index contributed by atoms with van der Waals surface area (Å²) in [5.41, 5.74) is 0.867. The molecule has 2 N–H and O–H groups in total. The predicted octanol–water partition coefficient (Wildman–Crippen LogP) is 3.71. The molecule has 0 saturated heterocycles. The van der Waals surface area contributed by atoms with Crippen LogP contribution in [-0.4, -0.2) is 16.5 Å². The van der Waals surface area contributed by atoms with Gasteiger partial charge in [-0.1, -0.05) is 6.92 Å². The third-order valence-electron chi connectivity index (χ3n) is 2.74. The fourth-order valence-corrected chi connectivity index (χ4v) is 2.52. The van der Waals surface area contributed by atoms with Crippen LogP contribution in [0.2, 0.25) is 0 Å². The molecule has 0 aromatic carbocycles. The van der Waals surface area contributed by atoms with Crippen LogP contribution in [0.4, 0.5) is 11.5 Å². The number of anilines is 2. The molecule has 0 radical (unpaired) electrons. The highest BCUT2D eigenvalue weighted by Gasteiger charge is 2.22. The maximum atomic E-state index is 4.38. The van der Waals surface area contributed by atoms with Gasteiger partial charge < -0.3 is 10.6 Å². The Bertz CT molecular complexity index is 508. The minimum Gasteiger partial charge on any atom is -0.374 e. The lowest BCUT2D eigenvalue weighted by Crippen LogP contribution is -2.27. The average Bonchev–Trinajstić information content (AvgIpc) is 2.91. The van der Waals surface area contributed by atoms with Crippen molar-refractivity contribution >= 4 is 22.8 Å². The first-order valence-corrected chi connectivity index (χ1v) is 7.38. The molecular weight excluding hydrogens is 256 g/mol. The molecule has 102 valence electrons. The molecule has 0 atom stereocenters. The number of hydrogen-bond acceptors (Lipinski definition) is 5. The Morgan fingerprint density at radius 2 is 2.11 bits per heavy atom. The summed E-state index contributed by atoms with van der Waals surface area (Å²) in [6.07, 6.45) is 4.74. The molecule has 2 aromatic heterocycles. The molecule has 0 aliphatic carbocycles. The van der Waals surface area contributed by atoms with E-state index < -0.39 is 0 Å². The first-order valence-electron chi connectivity index (χ1n) is 6.50.